The van der Waals surface area contributed by atoms with Crippen molar-refractivity contribution >= 4 is 23.7 Å². The van der Waals surface area contributed by atoms with Crippen LogP contribution in [-0.4, -0.2) is 62.8 Å². The number of morpholine rings is 1. The molecule has 0 aliphatic carbocycles. The molecule has 150 valence electrons. The predicted octanol–water partition coefficient (Wildman–Crippen LogP) is 1.72. The maximum atomic E-state index is 10.9. The highest BCUT2D eigenvalue weighted by molar-refractivity contribution is 5.68. The standard InChI is InChI=1S/C19H25N5O4/c1-21-18-3-2-15(12-17(18)20)28-16-4-5-22-19(13-16)24(27-14-25)7-6-23-8-10-26-11-9-23/h2-5,12-14,21H,6-11,20H2,1H3. The molecule has 9 heteroatoms. The molecule has 3 N–H and O–H groups in total. The number of benzene rings is 1. The van der Waals surface area contributed by atoms with Crippen LogP contribution in [-0.2, 0) is 14.4 Å². The molecule has 2 aromatic rings. The van der Waals surface area contributed by atoms with Gasteiger partial charge in [0.15, 0.2) is 5.82 Å². The average molecular weight is 387 g/mol. The van der Waals surface area contributed by atoms with Gasteiger partial charge < -0.3 is 25.4 Å². The smallest absolute Gasteiger partial charge is 0.320 e. The minimum absolute atomic E-state index is 0.395. The zero-order chi connectivity index (χ0) is 19.8. The van der Waals surface area contributed by atoms with Crippen molar-refractivity contribution in [2.75, 3.05) is 62.6 Å². The molecule has 9 nitrogen and oxygen atoms in total. The molecule has 28 heavy (non-hydrogen) atoms. The second-order valence-corrected chi connectivity index (χ2v) is 6.21. The summed E-state index contributed by atoms with van der Waals surface area (Å²) in [5.74, 6) is 1.65. The number of nitrogens with one attached hydrogen (secondary N) is 1. The summed E-state index contributed by atoms with van der Waals surface area (Å²) in [7, 11) is 1.81. The quantitative estimate of drug-likeness (QED) is 0.378. The van der Waals surface area contributed by atoms with Gasteiger partial charge in [-0.25, -0.2) is 4.98 Å². The summed E-state index contributed by atoms with van der Waals surface area (Å²) in [5.41, 5.74) is 7.40. The van der Waals surface area contributed by atoms with E-state index >= 15 is 0 Å². The minimum atomic E-state index is 0.395. The van der Waals surface area contributed by atoms with E-state index in [2.05, 4.69) is 15.2 Å². The third-order valence-electron chi connectivity index (χ3n) is 4.39. The monoisotopic (exact) mass is 387 g/mol. The second kappa shape index (κ2) is 9.77. The fourth-order valence-corrected chi connectivity index (χ4v) is 2.90. The van der Waals surface area contributed by atoms with E-state index in [4.69, 9.17) is 20.0 Å². The number of carbonyl (C=O) groups is 1. The third-order valence-corrected chi connectivity index (χ3v) is 4.39. The lowest BCUT2D eigenvalue weighted by atomic mass is 10.2. The number of carbonyl (C=O) groups excluding carboxylic acids is 1. The molecule has 1 saturated heterocycles. The lowest BCUT2D eigenvalue weighted by Gasteiger charge is -2.29. The molecular formula is C19H25N5O4. The molecule has 1 aromatic heterocycles. The normalized spacial score (nSPS) is 14.3. The van der Waals surface area contributed by atoms with Gasteiger partial charge in [-0.3, -0.25) is 9.69 Å². The molecular weight excluding hydrogens is 362 g/mol. The number of nitrogens with two attached hydrogens (primary N) is 1. The SMILES string of the molecule is CNc1ccc(Oc2ccnc(N(CCN3CCOCC3)OC=O)c2)cc1N. The van der Waals surface area contributed by atoms with Gasteiger partial charge in [0.1, 0.15) is 11.5 Å². The van der Waals surface area contributed by atoms with E-state index < -0.39 is 0 Å². The zero-order valence-corrected chi connectivity index (χ0v) is 15.8. The minimum Gasteiger partial charge on any atom is -0.457 e. The molecule has 0 amide bonds. The highest BCUT2D eigenvalue weighted by Gasteiger charge is 2.15. The van der Waals surface area contributed by atoms with Crippen LogP contribution in [0.4, 0.5) is 17.2 Å². The Labute approximate surface area is 163 Å². The largest absolute Gasteiger partial charge is 0.457 e. The van der Waals surface area contributed by atoms with Crippen LogP contribution in [0.15, 0.2) is 36.5 Å². The number of pyridine rings is 1. The van der Waals surface area contributed by atoms with Crippen LogP contribution in [0.25, 0.3) is 0 Å². The Hall–Kier alpha value is -3.04. The fraction of sp³-hybridized carbons (Fsp3) is 0.368. The highest BCUT2D eigenvalue weighted by atomic mass is 16.7. The van der Waals surface area contributed by atoms with Gasteiger partial charge in [0.2, 0.25) is 0 Å². The highest BCUT2D eigenvalue weighted by Crippen LogP contribution is 2.29. The number of hydrogen-bond donors (Lipinski definition) is 2. The van der Waals surface area contributed by atoms with Crippen molar-refractivity contribution in [1.82, 2.24) is 9.88 Å². The molecule has 3 rings (SSSR count). The Morgan fingerprint density at radius 2 is 2.07 bits per heavy atom. The zero-order valence-electron chi connectivity index (χ0n) is 15.8. The van der Waals surface area contributed by atoms with Crippen molar-refractivity contribution in [2.45, 2.75) is 0 Å². The summed E-state index contributed by atoms with van der Waals surface area (Å²) in [4.78, 5) is 22.6. The molecule has 1 fully saturated rings. The van der Waals surface area contributed by atoms with Crippen molar-refractivity contribution in [1.29, 1.82) is 0 Å². The van der Waals surface area contributed by atoms with Crippen LogP contribution < -0.4 is 20.9 Å². The molecule has 1 aliphatic rings. The Bertz CT molecular complexity index is 783. The topological polar surface area (TPSA) is 102 Å². The van der Waals surface area contributed by atoms with E-state index in [1.54, 1.807) is 31.4 Å². The predicted molar refractivity (Wildman–Crippen MR) is 106 cm³/mol. The van der Waals surface area contributed by atoms with Gasteiger partial charge in [-0.2, -0.15) is 5.06 Å². The summed E-state index contributed by atoms with van der Waals surface area (Å²) in [5, 5.41) is 4.46. The maximum Gasteiger partial charge on any atom is 0.320 e. The number of aromatic nitrogens is 1. The van der Waals surface area contributed by atoms with Gasteiger partial charge in [-0.1, -0.05) is 0 Å². The van der Waals surface area contributed by atoms with Crippen LogP contribution in [0.5, 0.6) is 11.5 Å². The lowest BCUT2D eigenvalue weighted by Crippen LogP contribution is -2.41. The first kappa shape index (κ1) is 19.7. The number of hydrogen-bond acceptors (Lipinski definition) is 9. The van der Waals surface area contributed by atoms with Gasteiger partial charge in [0.05, 0.1) is 31.1 Å². The summed E-state index contributed by atoms with van der Waals surface area (Å²) in [6.45, 7) is 4.75. The second-order valence-electron chi connectivity index (χ2n) is 6.21. The molecule has 0 radical (unpaired) electrons. The lowest BCUT2D eigenvalue weighted by molar-refractivity contribution is -0.130. The van der Waals surface area contributed by atoms with E-state index in [1.165, 1.54) is 5.06 Å². The Kier molecular flexibility index (Phi) is 6.88. The first-order chi connectivity index (χ1) is 13.7. The fourth-order valence-electron chi connectivity index (χ4n) is 2.90. The molecule has 0 spiro atoms. The Morgan fingerprint density at radius 3 is 2.79 bits per heavy atom. The molecule has 0 bridgehead atoms. The van der Waals surface area contributed by atoms with Gasteiger partial charge in [0, 0.05) is 45.0 Å². The van der Waals surface area contributed by atoms with Crippen molar-refractivity contribution < 1.29 is 19.1 Å². The van der Waals surface area contributed by atoms with Crippen LogP contribution in [0.3, 0.4) is 0 Å². The number of nitrogen functional groups attached to an aromatic ring is 1. The number of anilines is 3. The van der Waals surface area contributed by atoms with E-state index in [-0.39, 0.29) is 0 Å². The molecule has 1 aliphatic heterocycles. The summed E-state index contributed by atoms with van der Waals surface area (Å²) in [6.07, 6.45) is 1.60. The average Bonchev–Trinajstić information content (AvgIpc) is 2.72. The molecule has 1 aromatic carbocycles. The first-order valence-corrected chi connectivity index (χ1v) is 9.09. The van der Waals surface area contributed by atoms with Crippen LogP contribution in [0.1, 0.15) is 0 Å². The van der Waals surface area contributed by atoms with Crippen molar-refractivity contribution in [3.63, 3.8) is 0 Å². The maximum absolute atomic E-state index is 10.9. The Balaban J connectivity index is 1.68. The van der Waals surface area contributed by atoms with Crippen molar-refractivity contribution in [2.24, 2.45) is 0 Å². The molecule has 0 unspecified atom stereocenters. The van der Waals surface area contributed by atoms with E-state index in [9.17, 15) is 4.79 Å². The van der Waals surface area contributed by atoms with E-state index in [1.807, 2.05) is 12.1 Å². The van der Waals surface area contributed by atoms with Crippen LogP contribution >= 0.6 is 0 Å². The first-order valence-electron chi connectivity index (χ1n) is 9.09. The molecule has 2 heterocycles. The molecule has 0 saturated carbocycles. The Morgan fingerprint density at radius 1 is 1.29 bits per heavy atom. The summed E-state index contributed by atoms with van der Waals surface area (Å²) < 4.78 is 11.2. The van der Waals surface area contributed by atoms with Crippen molar-refractivity contribution in [3.8, 4) is 11.5 Å². The molecule has 0 atom stereocenters. The number of nitrogens with zero attached hydrogens (tertiary/aromatic N) is 3. The van der Waals surface area contributed by atoms with Gasteiger partial charge in [0.25, 0.3) is 0 Å². The van der Waals surface area contributed by atoms with Crippen molar-refractivity contribution in [3.05, 3.63) is 36.5 Å². The number of rotatable bonds is 9. The van der Waals surface area contributed by atoms with Gasteiger partial charge in [-0.05, 0) is 18.2 Å². The number of hydroxylamine groups is 1. The number of ether oxygens (including phenoxy) is 2. The summed E-state index contributed by atoms with van der Waals surface area (Å²) in [6, 6.07) is 8.85. The van der Waals surface area contributed by atoms with E-state index in [0.717, 1.165) is 25.3 Å². The summed E-state index contributed by atoms with van der Waals surface area (Å²) >= 11 is 0. The van der Waals surface area contributed by atoms with E-state index in [0.29, 0.717) is 49.2 Å². The van der Waals surface area contributed by atoms with Crippen LogP contribution in [0, 0.1) is 0 Å². The van der Waals surface area contributed by atoms with Crippen LogP contribution in [0.2, 0.25) is 0 Å². The van der Waals surface area contributed by atoms with Gasteiger partial charge in [-0.15, -0.1) is 0 Å². The van der Waals surface area contributed by atoms with Gasteiger partial charge >= 0.3 is 6.47 Å². The third kappa shape index (κ3) is 5.24.